The molecule has 5 nitrogen and oxygen atoms in total. The Labute approximate surface area is 136 Å². The summed E-state index contributed by atoms with van der Waals surface area (Å²) in [5.41, 5.74) is 10.5. The van der Waals surface area contributed by atoms with Crippen molar-refractivity contribution in [3.8, 4) is 0 Å². The van der Waals surface area contributed by atoms with Gasteiger partial charge >= 0.3 is 0 Å². The van der Waals surface area contributed by atoms with E-state index in [2.05, 4.69) is 0 Å². The lowest BCUT2D eigenvalue weighted by atomic mass is 10.1. The zero-order chi connectivity index (χ0) is 17.6. The Morgan fingerprint density at radius 2 is 1.41 bits per heavy atom. The zero-order valence-electron chi connectivity index (χ0n) is 14.7. The van der Waals surface area contributed by atoms with Crippen molar-refractivity contribution in [3.63, 3.8) is 0 Å². The third kappa shape index (κ3) is 27.3. The number of nitrogens with two attached hydrogens (primary N) is 2. The Balaban J connectivity index is -0.000000313. The molecule has 0 aromatic heterocycles. The molecular formula is C17H36N2O3. The van der Waals surface area contributed by atoms with Crippen LogP contribution in [0.4, 0.5) is 0 Å². The first-order chi connectivity index (χ1) is 10.6. The average molecular weight is 316 g/mol. The Morgan fingerprint density at radius 3 is 1.86 bits per heavy atom. The van der Waals surface area contributed by atoms with Gasteiger partial charge in [-0.3, -0.25) is 9.59 Å². The second-order valence-corrected chi connectivity index (χ2v) is 4.66. The molecule has 0 aliphatic heterocycles. The lowest BCUT2D eigenvalue weighted by Gasteiger charge is -1.97. The maximum absolute atomic E-state index is 11.0. The average Bonchev–Trinajstić information content (AvgIpc) is 2.54. The van der Waals surface area contributed by atoms with Gasteiger partial charge in [-0.2, -0.15) is 0 Å². The molecule has 0 aliphatic rings. The first kappa shape index (κ1) is 25.9. The largest absolute Gasteiger partial charge is 0.330 e. The van der Waals surface area contributed by atoms with Crippen molar-refractivity contribution >= 4 is 17.9 Å². The maximum Gasteiger partial charge on any atom is 0.140 e. The van der Waals surface area contributed by atoms with Crippen LogP contribution >= 0.6 is 0 Å². The second-order valence-electron chi connectivity index (χ2n) is 4.66. The van der Waals surface area contributed by atoms with Crippen molar-refractivity contribution in [2.45, 2.75) is 78.6 Å². The molecule has 0 aromatic carbocycles. The van der Waals surface area contributed by atoms with Crippen molar-refractivity contribution in [1.29, 1.82) is 0 Å². The SMILES string of the molecule is CC.CCC(=O)CC(=O)CCCCN.NCCCCCC=O. The summed E-state index contributed by atoms with van der Waals surface area (Å²) in [6, 6.07) is 0. The van der Waals surface area contributed by atoms with E-state index in [9.17, 15) is 14.4 Å². The highest BCUT2D eigenvalue weighted by atomic mass is 16.1. The fourth-order valence-corrected chi connectivity index (χ4v) is 1.45. The highest BCUT2D eigenvalue weighted by molar-refractivity contribution is 5.98. The van der Waals surface area contributed by atoms with E-state index in [1.54, 1.807) is 6.92 Å². The van der Waals surface area contributed by atoms with Crippen LogP contribution in [0.25, 0.3) is 0 Å². The smallest absolute Gasteiger partial charge is 0.140 e. The van der Waals surface area contributed by atoms with Crippen molar-refractivity contribution in [2.75, 3.05) is 13.1 Å². The van der Waals surface area contributed by atoms with Gasteiger partial charge in [0.2, 0.25) is 0 Å². The van der Waals surface area contributed by atoms with Crippen molar-refractivity contribution in [2.24, 2.45) is 11.5 Å². The molecule has 4 N–H and O–H groups in total. The minimum atomic E-state index is 0.0350. The van der Waals surface area contributed by atoms with E-state index in [1.807, 2.05) is 13.8 Å². The van der Waals surface area contributed by atoms with E-state index in [1.165, 1.54) is 0 Å². The monoisotopic (exact) mass is 316 g/mol. The van der Waals surface area contributed by atoms with E-state index in [0.29, 0.717) is 25.8 Å². The Morgan fingerprint density at radius 1 is 0.864 bits per heavy atom. The van der Waals surface area contributed by atoms with Gasteiger partial charge in [0.25, 0.3) is 0 Å². The molecule has 0 radical (unpaired) electrons. The van der Waals surface area contributed by atoms with Crippen LogP contribution < -0.4 is 11.5 Å². The van der Waals surface area contributed by atoms with Gasteiger partial charge in [0.05, 0.1) is 6.42 Å². The van der Waals surface area contributed by atoms with Crippen LogP contribution in [-0.4, -0.2) is 30.9 Å². The predicted octanol–water partition coefficient (Wildman–Crippen LogP) is 2.78. The minimum Gasteiger partial charge on any atom is -0.330 e. The molecule has 0 atom stereocenters. The summed E-state index contributed by atoms with van der Waals surface area (Å²) in [7, 11) is 0. The van der Waals surface area contributed by atoms with E-state index in [-0.39, 0.29) is 18.0 Å². The lowest BCUT2D eigenvalue weighted by Crippen LogP contribution is -2.07. The van der Waals surface area contributed by atoms with E-state index >= 15 is 0 Å². The first-order valence-corrected chi connectivity index (χ1v) is 8.49. The predicted molar refractivity (Wildman–Crippen MR) is 92.8 cm³/mol. The summed E-state index contributed by atoms with van der Waals surface area (Å²) >= 11 is 0. The second kappa shape index (κ2) is 24.9. The fourth-order valence-electron chi connectivity index (χ4n) is 1.45. The summed E-state index contributed by atoms with van der Waals surface area (Å²) in [5.74, 6) is 0.0862. The third-order valence-electron chi connectivity index (χ3n) is 2.72. The Bertz CT molecular complexity index is 256. The summed E-state index contributed by atoms with van der Waals surface area (Å²) in [4.78, 5) is 31.6. The van der Waals surface area contributed by atoms with Crippen LogP contribution in [0.15, 0.2) is 0 Å². The Hall–Kier alpha value is -1.07. The summed E-state index contributed by atoms with van der Waals surface area (Å²) in [6.07, 6.45) is 7.55. The van der Waals surface area contributed by atoms with Gasteiger partial charge in [-0.1, -0.05) is 27.2 Å². The Kier molecular flexibility index (Phi) is 29.3. The molecule has 132 valence electrons. The standard InChI is InChI=1S/C9H17NO2.C6H13NO.C2H6/c1-2-8(11)7-9(12)5-3-4-6-10;7-5-3-1-2-4-6-8;1-2/h2-7,10H2,1H3;6H,1-5,7H2;1-2H3. The number of hydrogen-bond donors (Lipinski definition) is 2. The molecule has 0 heterocycles. The third-order valence-corrected chi connectivity index (χ3v) is 2.72. The number of aldehydes is 1. The zero-order valence-corrected chi connectivity index (χ0v) is 14.7. The highest BCUT2D eigenvalue weighted by Crippen LogP contribution is 2.00. The molecular weight excluding hydrogens is 280 g/mol. The van der Waals surface area contributed by atoms with E-state index < -0.39 is 0 Å². The van der Waals surface area contributed by atoms with Gasteiger partial charge in [0, 0.05) is 19.3 Å². The van der Waals surface area contributed by atoms with Gasteiger partial charge in [0.15, 0.2) is 0 Å². The van der Waals surface area contributed by atoms with Gasteiger partial charge < -0.3 is 16.3 Å². The number of carbonyl (C=O) groups is 3. The molecule has 0 aliphatic carbocycles. The molecule has 0 unspecified atom stereocenters. The summed E-state index contributed by atoms with van der Waals surface area (Å²) < 4.78 is 0. The molecule has 22 heavy (non-hydrogen) atoms. The van der Waals surface area contributed by atoms with Crippen LogP contribution in [0.2, 0.25) is 0 Å². The molecule has 0 fully saturated rings. The molecule has 0 spiro atoms. The van der Waals surface area contributed by atoms with Crippen LogP contribution in [0, 0.1) is 0 Å². The number of ketones is 2. The van der Waals surface area contributed by atoms with Gasteiger partial charge in [-0.05, 0) is 38.8 Å². The quantitative estimate of drug-likeness (QED) is 0.327. The maximum atomic E-state index is 11.0. The topological polar surface area (TPSA) is 103 Å². The molecule has 0 bridgehead atoms. The van der Waals surface area contributed by atoms with Crippen LogP contribution in [0.5, 0.6) is 0 Å². The highest BCUT2D eigenvalue weighted by Gasteiger charge is 2.06. The van der Waals surface area contributed by atoms with Crippen LogP contribution in [-0.2, 0) is 14.4 Å². The number of hydrogen-bond acceptors (Lipinski definition) is 5. The number of carbonyl (C=O) groups excluding carboxylic acids is 3. The van der Waals surface area contributed by atoms with E-state index in [4.69, 9.17) is 11.5 Å². The molecule has 5 heteroatoms. The van der Waals surface area contributed by atoms with E-state index in [0.717, 1.165) is 44.9 Å². The number of Topliss-reactive ketones (excluding diaryl/α,β-unsaturated/α-hetero) is 2. The number of rotatable bonds is 12. The summed E-state index contributed by atoms with van der Waals surface area (Å²) in [5, 5.41) is 0. The van der Waals surface area contributed by atoms with Gasteiger partial charge in [-0.15, -0.1) is 0 Å². The lowest BCUT2D eigenvalue weighted by molar-refractivity contribution is -0.126. The van der Waals surface area contributed by atoms with Crippen molar-refractivity contribution < 1.29 is 14.4 Å². The molecule has 0 saturated heterocycles. The van der Waals surface area contributed by atoms with Crippen LogP contribution in [0.1, 0.15) is 78.6 Å². The molecule has 0 rings (SSSR count). The summed E-state index contributed by atoms with van der Waals surface area (Å²) in [6.45, 7) is 7.14. The van der Waals surface area contributed by atoms with Crippen LogP contribution in [0.3, 0.4) is 0 Å². The van der Waals surface area contributed by atoms with Gasteiger partial charge in [-0.25, -0.2) is 0 Å². The van der Waals surface area contributed by atoms with Crippen molar-refractivity contribution in [1.82, 2.24) is 0 Å². The molecule has 0 saturated carbocycles. The number of unbranched alkanes of at least 4 members (excludes halogenated alkanes) is 4. The molecule has 0 aromatic rings. The molecule has 0 amide bonds. The minimum absolute atomic E-state index is 0.0350. The van der Waals surface area contributed by atoms with Gasteiger partial charge in [0.1, 0.15) is 17.9 Å². The first-order valence-electron chi connectivity index (χ1n) is 8.49. The normalized spacial score (nSPS) is 8.95. The fraction of sp³-hybridized carbons (Fsp3) is 0.824. The van der Waals surface area contributed by atoms with Crippen molar-refractivity contribution in [3.05, 3.63) is 0 Å².